The van der Waals surface area contributed by atoms with Crippen molar-refractivity contribution >= 4 is 73.9 Å². The maximum absolute atomic E-state index is 14.2. The number of rotatable bonds is 11. The number of carbonyl (C=O) groups excluding carboxylic acids is 2. The van der Waals surface area contributed by atoms with E-state index >= 15 is 0 Å². The van der Waals surface area contributed by atoms with Crippen molar-refractivity contribution in [1.82, 2.24) is 10.2 Å². The molecule has 1 aliphatic rings. The fourth-order valence-corrected chi connectivity index (χ4v) is 6.68. The van der Waals surface area contributed by atoms with Gasteiger partial charge in [-0.3, -0.25) is 13.9 Å². The molecule has 0 heterocycles. The molecule has 1 N–H and O–H groups in total. The van der Waals surface area contributed by atoms with Crippen LogP contribution in [0.5, 0.6) is 0 Å². The molecular weight excluding hydrogens is 640 g/mol. The zero-order chi connectivity index (χ0) is 30.4. The molecule has 0 aliphatic heterocycles. The van der Waals surface area contributed by atoms with Crippen LogP contribution in [-0.2, 0) is 32.6 Å². The van der Waals surface area contributed by atoms with E-state index < -0.39 is 28.5 Å². The Morgan fingerprint density at radius 3 is 2.12 bits per heavy atom. The molecule has 0 bridgehead atoms. The lowest BCUT2D eigenvalue weighted by Gasteiger charge is -2.34. The minimum absolute atomic E-state index is 0.000328. The standard InChI is InChI=1S/C30H31Cl4N3O4S/c1-42(40,41)37(22-14-15-26(33)27(34)17-22)19-29(38)36(18-23-24(31)12-7-13-25(23)32)28(16-20-8-3-2-4-9-20)30(39)35-21-10-5-6-11-21/h2-4,7-9,12-15,17,21,28H,5-6,10-11,16,18-19H2,1H3,(H,35,39)/t28-/m1/s1. The lowest BCUT2D eigenvalue weighted by molar-refractivity contribution is -0.140. The molecule has 0 spiro atoms. The second-order valence-electron chi connectivity index (χ2n) is 10.3. The SMILES string of the molecule is CS(=O)(=O)N(CC(=O)N(Cc1c(Cl)cccc1Cl)[C@H](Cc1ccccc1)C(=O)NC1CCCC1)c1ccc(Cl)c(Cl)c1. The van der Waals surface area contributed by atoms with E-state index in [2.05, 4.69) is 5.32 Å². The molecule has 0 aromatic heterocycles. The van der Waals surface area contributed by atoms with Crippen molar-refractivity contribution in [3.8, 4) is 0 Å². The predicted molar refractivity (Wildman–Crippen MR) is 170 cm³/mol. The van der Waals surface area contributed by atoms with Crippen LogP contribution < -0.4 is 9.62 Å². The molecular formula is C30H31Cl4N3O4S. The summed E-state index contributed by atoms with van der Waals surface area (Å²) in [6, 6.07) is 17.6. The number of anilines is 1. The molecule has 1 saturated carbocycles. The molecule has 3 aromatic carbocycles. The summed E-state index contributed by atoms with van der Waals surface area (Å²) in [5.41, 5.74) is 1.43. The van der Waals surface area contributed by atoms with E-state index in [9.17, 15) is 18.0 Å². The highest BCUT2D eigenvalue weighted by Crippen LogP contribution is 2.30. The second-order valence-corrected chi connectivity index (χ2v) is 13.8. The summed E-state index contributed by atoms with van der Waals surface area (Å²) < 4.78 is 26.8. The van der Waals surface area contributed by atoms with Crippen molar-refractivity contribution in [2.75, 3.05) is 17.1 Å². The molecule has 4 rings (SSSR count). The monoisotopic (exact) mass is 669 g/mol. The summed E-state index contributed by atoms with van der Waals surface area (Å²) in [4.78, 5) is 29.5. The summed E-state index contributed by atoms with van der Waals surface area (Å²) in [6.45, 7) is -0.716. The van der Waals surface area contributed by atoms with Crippen molar-refractivity contribution in [3.63, 3.8) is 0 Å². The van der Waals surface area contributed by atoms with Gasteiger partial charge in [-0.1, -0.05) is 95.6 Å². The van der Waals surface area contributed by atoms with E-state index in [1.165, 1.54) is 23.1 Å². The molecule has 0 unspecified atom stereocenters. The van der Waals surface area contributed by atoms with Crippen LogP contribution in [0.2, 0.25) is 20.1 Å². The number of benzene rings is 3. The molecule has 7 nitrogen and oxygen atoms in total. The number of hydrogen-bond acceptors (Lipinski definition) is 4. The topological polar surface area (TPSA) is 86.8 Å². The molecule has 3 aromatic rings. The Labute approximate surface area is 266 Å². The van der Waals surface area contributed by atoms with Gasteiger partial charge in [0, 0.05) is 34.6 Å². The van der Waals surface area contributed by atoms with Gasteiger partial charge >= 0.3 is 0 Å². The second kappa shape index (κ2) is 14.3. The maximum atomic E-state index is 14.2. The Hall–Kier alpha value is -2.49. The van der Waals surface area contributed by atoms with E-state index in [-0.39, 0.29) is 40.6 Å². The molecule has 0 radical (unpaired) electrons. The van der Waals surface area contributed by atoms with Gasteiger partial charge in [-0.25, -0.2) is 8.42 Å². The summed E-state index contributed by atoms with van der Waals surface area (Å²) >= 11 is 25.3. The molecule has 2 amide bonds. The number of halogens is 4. The van der Waals surface area contributed by atoms with Gasteiger partial charge in [0.2, 0.25) is 21.8 Å². The van der Waals surface area contributed by atoms with Gasteiger partial charge in [0.1, 0.15) is 12.6 Å². The number of nitrogens with zero attached hydrogens (tertiary/aromatic N) is 2. The first kappa shape index (κ1) is 32.4. The summed E-state index contributed by atoms with van der Waals surface area (Å²) in [5.74, 6) is -0.951. The Kier molecular flexibility index (Phi) is 11.1. The first-order chi connectivity index (χ1) is 19.9. The Balaban J connectivity index is 1.77. The van der Waals surface area contributed by atoms with Gasteiger partial charge in [0.05, 0.1) is 22.0 Å². The summed E-state index contributed by atoms with van der Waals surface area (Å²) in [5, 5.41) is 4.12. The summed E-state index contributed by atoms with van der Waals surface area (Å²) in [6.07, 6.45) is 4.92. The lowest BCUT2D eigenvalue weighted by Crippen LogP contribution is -2.54. The van der Waals surface area contributed by atoms with Crippen LogP contribution in [0, 0.1) is 0 Å². The van der Waals surface area contributed by atoms with Crippen LogP contribution in [0.3, 0.4) is 0 Å². The number of nitrogens with one attached hydrogen (secondary N) is 1. The van der Waals surface area contributed by atoms with Crippen molar-refractivity contribution < 1.29 is 18.0 Å². The molecule has 1 aliphatic carbocycles. The zero-order valence-corrected chi connectivity index (χ0v) is 26.7. The van der Waals surface area contributed by atoms with E-state index in [1.807, 2.05) is 30.3 Å². The maximum Gasteiger partial charge on any atom is 0.244 e. The first-order valence-electron chi connectivity index (χ1n) is 13.4. The Morgan fingerprint density at radius 1 is 0.881 bits per heavy atom. The van der Waals surface area contributed by atoms with Gasteiger partial charge < -0.3 is 10.2 Å². The normalized spacial score (nSPS) is 14.4. The van der Waals surface area contributed by atoms with Crippen molar-refractivity contribution in [2.24, 2.45) is 0 Å². The Morgan fingerprint density at radius 2 is 1.52 bits per heavy atom. The van der Waals surface area contributed by atoms with Crippen LogP contribution in [0.1, 0.15) is 36.8 Å². The van der Waals surface area contributed by atoms with E-state index in [4.69, 9.17) is 46.4 Å². The number of hydrogen-bond donors (Lipinski definition) is 1. The zero-order valence-electron chi connectivity index (χ0n) is 22.9. The molecule has 0 saturated heterocycles. The van der Waals surface area contributed by atoms with E-state index in [0.29, 0.717) is 15.6 Å². The summed E-state index contributed by atoms with van der Waals surface area (Å²) in [7, 11) is -3.96. The molecule has 1 atom stereocenters. The first-order valence-corrected chi connectivity index (χ1v) is 16.8. The van der Waals surface area contributed by atoms with Crippen LogP contribution in [0.15, 0.2) is 66.7 Å². The molecule has 224 valence electrons. The van der Waals surface area contributed by atoms with Crippen LogP contribution in [-0.4, -0.2) is 50.0 Å². The largest absolute Gasteiger partial charge is 0.352 e. The number of sulfonamides is 1. The minimum Gasteiger partial charge on any atom is -0.352 e. The predicted octanol–water partition coefficient (Wildman–Crippen LogP) is 6.77. The van der Waals surface area contributed by atoms with Crippen molar-refractivity contribution in [2.45, 2.75) is 50.7 Å². The van der Waals surface area contributed by atoms with Crippen molar-refractivity contribution in [1.29, 1.82) is 0 Å². The van der Waals surface area contributed by atoms with Gasteiger partial charge in [-0.05, 0) is 48.7 Å². The van der Waals surface area contributed by atoms with Gasteiger partial charge in [0.15, 0.2) is 0 Å². The highest BCUT2D eigenvalue weighted by Gasteiger charge is 2.35. The average molecular weight is 671 g/mol. The van der Waals surface area contributed by atoms with E-state index in [0.717, 1.165) is 41.8 Å². The fraction of sp³-hybridized carbons (Fsp3) is 0.333. The highest BCUT2D eigenvalue weighted by molar-refractivity contribution is 7.92. The minimum atomic E-state index is -3.96. The van der Waals surface area contributed by atoms with Crippen molar-refractivity contribution in [3.05, 3.63) is 97.9 Å². The third-order valence-corrected chi connectivity index (χ3v) is 9.82. The van der Waals surface area contributed by atoms with Crippen LogP contribution in [0.25, 0.3) is 0 Å². The van der Waals surface area contributed by atoms with Gasteiger partial charge in [-0.2, -0.15) is 0 Å². The molecule has 1 fully saturated rings. The fourth-order valence-electron chi connectivity index (χ4n) is 5.03. The van der Waals surface area contributed by atoms with Gasteiger partial charge in [0.25, 0.3) is 0 Å². The Bertz CT molecular complexity index is 1510. The van der Waals surface area contributed by atoms with Crippen LogP contribution >= 0.6 is 46.4 Å². The highest BCUT2D eigenvalue weighted by atomic mass is 35.5. The number of amides is 2. The molecule has 42 heavy (non-hydrogen) atoms. The average Bonchev–Trinajstić information content (AvgIpc) is 3.45. The third kappa shape index (κ3) is 8.32. The molecule has 12 heteroatoms. The smallest absolute Gasteiger partial charge is 0.244 e. The lowest BCUT2D eigenvalue weighted by atomic mass is 10.0. The third-order valence-electron chi connectivity index (χ3n) is 7.23. The number of carbonyl (C=O) groups is 2. The quantitative estimate of drug-likeness (QED) is 0.244. The van der Waals surface area contributed by atoms with E-state index in [1.54, 1.807) is 18.2 Å². The van der Waals surface area contributed by atoms with Gasteiger partial charge in [-0.15, -0.1) is 0 Å². The van der Waals surface area contributed by atoms with Crippen LogP contribution in [0.4, 0.5) is 5.69 Å².